The fourth-order valence-corrected chi connectivity index (χ4v) is 2.59. The number of fused-ring (bicyclic) bond motifs is 1. The highest BCUT2D eigenvalue weighted by Gasteiger charge is 2.44. The average Bonchev–Trinajstić information content (AvgIpc) is 2.53. The summed E-state index contributed by atoms with van der Waals surface area (Å²) in [5.74, 6) is -2.37. The number of ether oxygens (including phenoxy) is 1. The van der Waals surface area contributed by atoms with Crippen LogP contribution in [0.1, 0.15) is 18.1 Å². The van der Waals surface area contributed by atoms with Crippen molar-refractivity contribution in [3.8, 4) is 5.75 Å². The molecule has 0 N–H and O–H groups in total. The van der Waals surface area contributed by atoms with Gasteiger partial charge in [0.25, 0.3) is 0 Å². The van der Waals surface area contributed by atoms with E-state index in [9.17, 15) is 31.1 Å². The number of nitrogens with zero attached hydrogens (tertiary/aromatic N) is 1. The van der Waals surface area contributed by atoms with Crippen molar-refractivity contribution in [1.82, 2.24) is 4.90 Å². The summed E-state index contributed by atoms with van der Waals surface area (Å²) in [5, 5.41) is 0. The molecule has 0 saturated carbocycles. The molecular weight excluding hydrogens is 328 g/mol. The summed E-state index contributed by atoms with van der Waals surface area (Å²) in [4.78, 5) is 12.1. The summed E-state index contributed by atoms with van der Waals surface area (Å²) < 4.78 is 78.2. The molecule has 9 heteroatoms. The molecule has 1 aliphatic rings. The third kappa shape index (κ3) is 4.29. The van der Waals surface area contributed by atoms with Gasteiger partial charge < -0.3 is 9.64 Å². The van der Waals surface area contributed by atoms with E-state index in [0.29, 0.717) is 16.0 Å². The van der Waals surface area contributed by atoms with Crippen LogP contribution < -0.4 is 4.74 Å². The average molecular weight is 341 g/mol. The Hall–Kier alpha value is -1.93. The molecule has 0 bridgehead atoms. The van der Waals surface area contributed by atoms with Gasteiger partial charge in [0.15, 0.2) is 0 Å². The second kappa shape index (κ2) is 5.93. The monoisotopic (exact) mass is 341 g/mol. The minimum atomic E-state index is -4.98. The zero-order valence-electron chi connectivity index (χ0n) is 12.0. The maximum Gasteiger partial charge on any atom is 0.573 e. The molecule has 1 aromatic carbocycles. The summed E-state index contributed by atoms with van der Waals surface area (Å²) in [7, 11) is 0. The Bertz CT molecular complexity index is 596. The van der Waals surface area contributed by atoms with Gasteiger partial charge in [-0.25, -0.2) is 0 Å². The lowest BCUT2D eigenvalue weighted by atomic mass is 10.0. The number of rotatable bonds is 1. The number of carbonyl (C=O) groups is 1. The van der Waals surface area contributed by atoms with Crippen molar-refractivity contribution in [2.45, 2.75) is 38.3 Å². The van der Waals surface area contributed by atoms with E-state index in [1.807, 2.05) is 0 Å². The Morgan fingerprint density at radius 2 is 1.83 bits per heavy atom. The first kappa shape index (κ1) is 17.4. The highest BCUT2D eigenvalue weighted by Crippen LogP contribution is 2.29. The van der Waals surface area contributed by atoms with E-state index < -0.39 is 30.2 Å². The lowest BCUT2D eigenvalue weighted by Gasteiger charge is -2.27. The molecule has 0 aromatic heterocycles. The maximum absolute atomic E-state index is 12.6. The number of halogens is 6. The lowest BCUT2D eigenvalue weighted by molar-refractivity contribution is -0.274. The number of amides is 1. The first-order valence-corrected chi connectivity index (χ1v) is 6.73. The molecule has 0 spiro atoms. The SMILES string of the molecule is CC1Cc2ccc(OC(F)(F)F)cc2CCN1C(=O)C(F)(F)F. The molecule has 0 fully saturated rings. The van der Waals surface area contributed by atoms with Crippen molar-refractivity contribution in [2.75, 3.05) is 6.54 Å². The fourth-order valence-electron chi connectivity index (χ4n) is 2.59. The smallest absolute Gasteiger partial charge is 0.406 e. The van der Waals surface area contributed by atoms with Crippen LogP contribution in [0.3, 0.4) is 0 Å². The van der Waals surface area contributed by atoms with E-state index >= 15 is 0 Å². The van der Waals surface area contributed by atoms with Crippen LogP contribution in [0.2, 0.25) is 0 Å². The van der Waals surface area contributed by atoms with Crippen LogP contribution in [-0.4, -0.2) is 35.9 Å². The van der Waals surface area contributed by atoms with Gasteiger partial charge in [-0.2, -0.15) is 13.2 Å². The van der Waals surface area contributed by atoms with Crippen LogP contribution in [0.15, 0.2) is 18.2 Å². The van der Waals surface area contributed by atoms with E-state index in [-0.39, 0.29) is 19.4 Å². The van der Waals surface area contributed by atoms with E-state index in [1.165, 1.54) is 13.0 Å². The standard InChI is InChI=1S/C14H13F6NO2/c1-8-6-9-2-3-11(23-14(18,19)20)7-10(9)4-5-21(8)12(22)13(15,16)17/h2-3,7-8H,4-6H2,1H3. The van der Waals surface area contributed by atoms with Gasteiger partial charge in [-0.05, 0) is 43.0 Å². The van der Waals surface area contributed by atoms with Crippen LogP contribution in [0.4, 0.5) is 26.3 Å². The van der Waals surface area contributed by atoms with Gasteiger partial charge in [-0.3, -0.25) is 4.79 Å². The van der Waals surface area contributed by atoms with Gasteiger partial charge >= 0.3 is 18.4 Å². The number of carbonyl (C=O) groups excluding carboxylic acids is 1. The molecule has 1 aromatic rings. The van der Waals surface area contributed by atoms with Crippen LogP contribution in [0.5, 0.6) is 5.75 Å². The highest BCUT2D eigenvalue weighted by atomic mass is 19.4. The predicted molar refractivity (Wildman–Crippen MR) is 67.8 cm³/mol. The third-order valence-electron chi connectivity index (χ3n) is 3.58. The molecule has 0 aliphatic carbocycles. The number of benzene rings is 1. The van der Waals surface area contributed by atoms with Crippen molar-refractivity contribution in [1.29, 1.82) is 0 Å². The van der Waals surface area contributed by atoms with Crippen LogP contribution >= 0.6 is 0 Å². The summed E-state index contributed by atoms with van der Waals surface area (Å²) in [6.07, 6.45) is -9.67. The highest BCUT2D eigenvalue weighted by molar-refractivity contribution is 5.82. The van der Waals surface area contributed by atoms with Crippen molar-refractivity contribution in [2.24, 2.45) is 0 Å². The van der Waals surface area contributed by atoms with Gasteiger partial charge in [-0.15, -0.1) is 13.2 Å². The molecule has 1 heterocycles. The Balaban J connectivity index is 2.22. The van der Waals surface area contributed by atoms with Gasteiger partial charge in [0.1, 0.15) is 5.75 Å². The number of alkyl halides is 6. The zero-order valence-corrected chi connectivity index (χ0v) is 12.0. The van der Waals surface area contributed by atoms with E-state index in [1.54, 1.807) is 0 Å². The molecule has 1 unspecified atom stereocenters. The number of hydrogen-bond donors (Lipinski definition) is 0. The molecule has 128 valence electrons. The zero-order chi connectivity index (χ0) is 17.4. The van der Waals surface area contributed by atoms with Crippen molar-refractivity contribution >= 4 is 5.91 Å². The fraction of sp³-hybridized carbons (Fsp3) is 0.500. The summed E-state index contributed by atoms with van der Waals surface area (Å²) in [6.45, 7) is 1.25. The second-order valence-corrected chi connectivity index (χ2v) is 5.28. The third-order valence-corrected chi connectivity index (χ3v) is 3.58. The molecule has 1 aliphatic heterocycles. The summed E-state index contributed by atoms with van der Waals surface area (Å²) >= 11 is 0. The van der Waals surface area contributed by atoms with Crippen molar-refractivity contribution in [3.63, 3.8) is 0 Å². The van der Waals surface area contributed by atoms with Crippen LogP contribution in [0.25, 0.3) is 0 Å². The van der Waals surface area contributed by atoms with Gasteiger partial charge in [0.05, 0.1) is 0 Å². The van der Waals surface area contributed by atoms with Gasteiger partial charge in [0.2, 0.25) is 0 Å². The largest absolute Gasteiger partial charge is 0.573 e. The van der Waals surface area contributed by atoms with E-state index in [4.69, 9.17) is 0 Å². The lowest BCUT2D eigenvalue weighted by Crippen LogP contribution is -2.46. The molecule has 23 heavy (non-hydrogen) atoms. The molecular formula is C14H13F6NO2. The molecule has 2 rings (SSSR count). The van der Waals surface area contributed by atoms with Crippen LogP contribution in [-0.2, 0) is 17.6 Å². The molecule has 0 radical (unpaired) electrons. The minimum Gasteiger partial charge on any atom is -0.406 e. The van der Waals surface area contributed by atoms with Crippen LogP contribution in [0, 0.1) is 0 Å². The van der Waals surface area contributed by atoms with Gasteiger partial charge in [-0.1, -0.05) is 6.07 Å². The number of hydrogen-bond acceptors (Lipinski definition) is 2. The Morgan fingerprint density at radius 1 is 1.17 bits per heavy atom. The Labute approximate surface area is 127 Å². The van der Waals surface area contributed by atoms with E-state index in [2.05, 4.69) is 4.74 Å². The first-order chi connectivity index (χ1) is 10.5. The second-order valence-electron chi connectivity index (χ2n) is 5.28. The summed E-state index contributed by atoms with van der Waals surface area (Å²) in [5.41, 5.74) is 1.04. The molecule has 0 saturated heterocycles. The molecule has 1 amide bonds. The topological polar surface area (TPSA) is 29.5 Å². The molecule has 3 nitrogen and oxygen atoms in total. The van der Waals surface area contributed by atoms with Crippen molar-refractivity contribution in [3.05, 3.63) is 29.3 Å². The quantitative estimate of drug-likeness (QED) is 0.732. The summed E-state index contributed by atoms with van der Waals surface area (Å²) in [6, 6.07) is 2.94. The van der Waals surface area contributed by atoms with Gasteiger partial charge in [0, 0.05) is 12.6 Å². The first-order valence-electron chi connectivity index (χ1n) is 6.73. The molecule has 1 atom stereocenters. The Morgan fingerprint density at radius 3 is 2.39 bits per heavy atom. The Kier molecular flexibility index (Phi) is 4.50. The minimum absolute atomic E-state index is 0.0244. The maximum atomic E-state index is 12.6. The van der Waals surface area contributed by atoms with Crippen molar-refractivity contribution < 1.29 is 35.9 Å². The normalized spacial score (nSPS) is 19.1. The van der Waals surface area contributed by atoms with E-state index in [0.717, 1.165) is 12.1 Å². The predicted octanol–water partition coefficient (Wildman–Crippen LogP) is 3.46.